The lowest BCUT2D eigenvalue weighted by molar-refractivity contribution is -0.0168. The van der Waals surface area contributed by atoms with Crippen molar-refractivity contribution >= 4 is 23.2 Å². The van der Waals surface area contributed by atoms with Crippen LogP contribution in [0.25, 0.3) is 0 Å². The van der Waals surface area contributed by atoms with E-state index in [1.807, 2.05) is 24.7 Å². The van der Waals surface area contributed by atoms with Crippen LogP contribution < -0.4 is 9.47 Å². The van der Waals surface area contributed by atoms with Crippen molar-refractivity contribution in [2.75, 3.05) is 26.3 Å². The van der Waals surface area contributed by atoms with E-state index >= 15 is 0 Å². The molecule has 1 N–H and O–H groups in total. The lowest BCUT2D eigenvalue weighted by Gasteiger charge is -2.27. The van der Waals surface area contributed by atoms with Crippen LogP contribution in [-0.2, 0) is 13.1 Å². The molecule has 2 aromatic carbocycles. The van der Waals surface area contributed by atoms with Crippen LogP contribution in [0.15, 0.2) is 61.2 Å². The van der Waals surface area contributed by atoms with Gasteiger partial charge in [0.15, 0.2) is 0 Å². The number of benzene rings is 2. The third-order valence-electron chi connectivity index (χ3n) is 6.10. The van der Waals surface area contributed by atoms with Gasteiger partial charge in [0, 0.05) is 38.1 Å². The zero-order chi connectivity index (χ0) is 23.8. The minimum Gasteiger partial charge on any atom is -0.494 e. The molecule has 0 aliphatic carbocycles. The van der Waals surface area contributed by atoms with Gasteiger partial charge in [-0.3, -0.25) is 4.90 Å². The fraction of sp³-hybridized carbons (Fsp3) is 0.423. The van der Waals surface area contributed by atoms with E-state index in [1.165, 1.54) is 5.56 Å². The van der Waals surface area contributed by atoms with E-state index in [2.05, 4.69) is 26.6 Å². The second-order valence-electron chi connectivity index (χ2n) is 8.87. The number of nitrogens with zero attached hydrogens (tertiary/aromatic N) is 3. The molecule has 0 saturated carbocycles. The molecule has 2 heterocycles. The second kappa shape index (κ2) is 11.9. The Bertz CT molecular complexity index is 1050. The van der Waals surface area contributed by atoms with Gasteiger partial charge in [0.2, 0.25) is 0 Å². The zero-order valence-corrected chi connectivity index (χ0v) is 20.7. The quantitative estimate of drug-likeness (QED) is 0.372. The molecule has 0 unspecified atom stereocenters. The first kappa shape index (κ1) is 24.9. The smallest absolute Gasteiger partial charge is 0.121 e. The van der Waals surface area contributed by atoms with Crippen LogP contribution in [-0.4, -0.2) is 51.5 Å². The van der Waals surface area contributed by atoms with Gasteiger partial charge in [0.1, 0.15) is 18.1 Å². The summed E-state index contributed by atoms with van der Waals surface area (Å²) in [7, 11) is 0. The minimum absolute atomic E-state index is 0.237. The summed E-state index contributed by atoms with van der Waals surface area (Å²) in [5.41, 5.74) is 0.353. The van der Waals surface area contributed by atoms with Gasteiger partial charge in [-0.2, -0.15) is 0 Å². The van der Waals surface area contributed by atoms with E-state index in [9.17, 15) is 5.11 Å². The molecule has 0 bridgehead atoms. The zero-order valence-electron chi connectivity index (χ0n) is 19.2. The van der Waals surface area contributed by atoms with Crippen LogP contribution in [0, 0.1) is 0 Å². The molecule has 6 nitrogen and oxygen atoms in total. The molecule has 1 atom stereocenters. The highest BCUT2D eigenvalue weighted by atomic mass is 35.5. The molecule has 1 aliphatic heterocycles. The van der Waals surface area contributed by atoms with E-state index in [0.717, 1.165) is 44.8 Å². The predicted octanol–water partition coefficient (Wildman–Crippen LogP) is 5.46. The molecular formula is C26H31Cl2N3O3. The molecule has 3 aromatic rings. The number of halogens is 2. The topological polar surface area (TPSA) is 59.8 Å². The van der Waals surface area contributed by atoms with Crippen LogP contribution in [0.5, 0.6) is 11.5 Å². The van der Waals surface area contributed by atoms with Crippen molar-refractivity contribution in [3.63, 3.8) is 0 Å². The summed E-state index contributed by atoms with van der Waals surface area (Å²) < 4.78 is 13.9. The predicted molar refractivity (Wildman–Crippen MR) is 135 cm³/mol. The van der Waals surface area contributed by atoms with Crippen LogP contribution in [0.4, 0.5) is 0 Å². The number of rotatable bonds is 10. The Morgan fingerprint density at radius 2 is 1.88 bits per heavy atom. The van der Waals surface area contributed by atoms with Crippen LogP contribution in [0.3, 0.4) is 0 Å². The first-order valence-electron chi connectivity index (χ1n) is 11.7. The minimum atomic E-state index is -0.860. The summed E-state index contributed by atoms with van der Waals surface area (Å²) in [6.07, 6.45) is 8.76. The highest BCUT2D eigenvalue weighted by molar-refractivity contribution is 6.42. The Kier molecular flexibility index (Phi) is 8.73. The van der Waals surface area contributed by atoms with Gasteiger partial charge >= 0.3 is 0 Å². The molecule has 1 aliphatic rings. The number of likely N-dealkylation sites (tertiary alicyclic amines) is 1. The normalized spacial score (nSPS) is 19.0. The maximum absolute atomic E-state index is 11.1. The largest absolute Gasteiger partial charge is 0.494 e. The molecule has 4 rings (SSSR count). The molecule has 0 radical (unpaired) electrons. The van der Waals surface area contributed by atoms with Crippen LogP contribution in [0.2, 0.25) is 10.0 Å². The summed E-state index contributed by atoms with van der Waals surface area (Å²) in [6.45, 7) is 4.36. The molecule has 0 amide bonds. The lowest BCUT2D eigenvalue weighted by Crippen LogP contribution is -2.37. The molecule has 34 heavy (non-hydrogen) atoms. The molecule has 8 heteroatoms. The fourth-order valence-electron chi connectivity index (χ4n) is 4.17. The number of hydrogen-bond acceptors (Lipinski definition) is 5. The molecule has 1 aromatic heterocycles. The van der Waals surface area contributed by atoms with E-state index in [4.69, 9.17) is 32.7 Å². The summed E-state index contributed by atoms with van der Waals surface area (Å²) >= 11 is 12.0. The van der Waals surface area contributed by atoms with Gasteiger partial charge < -0.3 is 19.1 Å². The maximum Gasteiger partial charge on any atom is 0.121 e. The summed E-state index contributed by atoms with van der Waals surface area (Å²) in [4.78, 5) is 6.44. The Labute approximate surface area is 211 Å². The van der Waals surface area contributed by atoms with E-state index in [0.29, 0.717) is 35.2 Å². The summed E-state index contributed by atoms with van der Waals surface area (Å²) in [5.74, 6) is 1.51. The third-order valence-corrected chi connectivity index (χ3v) is 6.84. The number of aromatic nitrogens is 2. The molecule has 182 valence electrons. The first-order chi connectivity index (χ1) is 16.5. The SMILES string of the molecule is O[C@]1(COc2ccc(Cl)c(Cl)c2)CCCN(Cc2cccc(OCCCn3ccnc3)c2)CC1. The van der Waals surface area contributed by atoms with Gasteiger partial charge in [0.25, 0.3) is 0 Å². The van der Waals surface area contributed by atoms with Crippen molar-refractivity contribution < 1.29 is 14.6 Å². The second-order valence-corrected chi connectivity index (χ2v) is 9.68. The number of hydrogen-bond donors (Lipinski definition) is 1. The molecule has 1 saturated heterocycles. The third kappa shape index (κ3) is 7.37. The summed E-state index contributed by atoms with van der Waals surface area (Å²) in [5, 5.41) is 12.1. The highest BCUT2D eigenvalue weighted by Gasteiger charge is 2.31. The monoisotopic (exact) mass is 503 g/mol. The number of imidazole rings is 1. The van der Waals surface area contributed by atoms with E-state index in [-0.39, 0.29) is 6.61 Å². The highest BCUT2D eigenvalue weighted by Crippen LogP contribution is 2.29. The van der Waals surface area contributed by atoms with Gasteiger partial charge in [-0.1, -0.05) is 35.3 Å². The Hall–Kier alpha value is -2.25. The van der Waals surface area contributed by atoms with Crippen LogP contribution >= 0.6 is 23.2 Å². The lowest BCUT2D eigenvalue weighted by atomic mass is 9.96. The van der Waals surface area contributed by atoms with Crippen LogP contribution in [0.1, 0.15) is 31.2 Å². The Morgan fingerprint density at radius 1 is 1.00 bits per heavy atom. The number of aryl methyl sites for hydroxylation is 1. The van der Waals surface area contributed by atoms with Crippen molar-refractivity contribution in [1.82, 2.24) is 14.5 Å². The average Bonchev–Trinajstić information content (AvgIpc) is 3.28. The molecule has 1 fully saturated rings. The number of aliphatic hydroxyl groups is 1. The van der Waals surface area contributed by atoms with Crippen molar-refractivity contribution in [2.45, 2.75) is 44.4 Å². The van der Waals surface area contributed by atoms with E-state index in [1.54, 1.807) is 24.4 Å². The Morgan fingerprint density at radius 3 is 2.71 bits per heavy atom. The standard InChI is InChI=1S/C26H31Cl2N3O3/c27-24-7-6-23(17-25(24)28)34-19-26(32)8-2-11-30(13-9-26)18-21-4-1-5-22(16-21)33-15-3-12-31-14-10-29-20-31/h1,4-7,10,14,16-17,20,32H,2-3,8-9,11-13,15,18-19H2/t26-/m1/s1. The molecular weight excluding hydrogens is 473 g/mol. The first-order valence-corrected chi connectivity index (χ1v) is 12.4. The van der Waals surface area contributed by atoms with Crippen molar-refractivity contribution in [3.05, 3.63) is 76.8 Å². The van der Waals surface area contributed by atoms with E-state index < -0.39 is 5.60 Å². The van der Waals surface area contributed by atoms with Gasteiger partial charge in [-0.05, 0) is 62.1 Å². The van der Waals surface area contributed by atoms with Crippen molar-refractivity contribution in [2.24, 2.45) is 0 Å². The Balaban J connectivity index is 1.23. The maximum atomic E-state index is 11.1. The van der Waals surface area contributed by atoms with Crippen molar-refractivity contribution in [3.8, 4) is 11.5 Å². The van der Waals surface area contributed by atoms with Gasteiger partial charge in [0.05, 0.1) is 28.6 Å². The fourth-order valence-corrected chi connectivity index (χ4v) is 4.46. The molecule has 0 spiro atoms. The van der Waals surface area contributed by atoms with Crippen molar-refractivity contribution in [1.29, 1.82) is 0 Å². The summed E-state index contributed by atoms with van der Waals surface area (Å²) in [6, 6.07) is 13.4. The number of ether oxygens (including phenoxy) is 2. The van der Waals surface area contributed by atoms with Gasteiger partial charge in [-0.15, -0.1) is 0 Å². The average molecular weight is 504 g/mol. The van der Waals surface area contributed by atoms with Gasteiger partial charge in [-0.25, -0.2) is 4.98 Å².